The van der Waals surface area contributed by atoms with Crippen LogP contribution in [0.1, 0.15) is 5.56 Å². The summed E-state index contributed by atoms with van der Waals surface area (Å²) in [6.45, 7) is 1.80. The summed E-state index contributed by atoms with van der Waals surface area (Å²) < 4.78 is 26.0. The second-order valence-corrected chi connectivity index (χ2v) is 4.86. The van der Waals surface area contributed by atoms with Crippen LogP contribution in [0, 0.1) is 6.92 Å². The Morgan fingerprint density at radius 2 is 2.12 bits per heavy atom. The average Bonchev–Trinajstić information content (AvgIpc) is 2.75. The van der Waals surface area contributed by atoms with Gasteiger partial charge in [-0.3, -0.25) is 9.71 Å². The maximum absolute atomic E-state index is 11.8. The maximum Gasteiger partial charge on any atom is 0.279 e. The number of nitrogens with one attached hydrogen (secondary N) is 2. The lowest BCUT2D eigenvalue weighted by molar-refractivity contribution is 0.598. The van der Waals surface area contributed by atoms with Crippen LogP contribution in [0.25, 0.3) is 0 Å². The Balaban J connectivity index is 2.33. The molecule has 0 aliphatic heterocycles. The molecule has 0 spiro atoms. The van der Waals surface area contributed by atoms with E-state index in [4.69, 9.17) is 0 Å². The smallest absolute Gasteiger partial charge is 0.279 e. The van der Waals surface area contributed by atoms with E-state index in [1.807, 2.05) is 0 Å². The van der Waals surface area contributed by atoms with Crippen LogP contribution in [-0.4, -0.2) is 23.4 Å². The molecule has 2 heterocycles. The number of hydrogen-bond acceptors (Lipinski definition) is 4. The number of nitrogens with zero attached hydrogens (tertiary/aromatic N) is 2. The Labute approximate surface area is 92.8 Å². The number of aryl methyl sites for hydroxylation is 1. The topological polar surface area (TPSA) is 87.7 Å². The first-order chi connectivity index (χ1) is 7.59. The summed E-state index contributed by atoms with van der Waals surface area (Å²) in [7, 11) is -3.60. The first-order valence-electron chi connectivity index (χ1n) is 4.51. The van der Waals surface area contributed by atoms with Crippen LogP contribution in [0.4, 0.5) is 5.69 Å². The Morgan fingerprint density at radius 3 is 2.75 bits per heavy atom. The molecule has 0 aromatic carbocycles. The van der Waals surface area contributed by atoms with Crippen LogP contribution in [0.5, 0.6) is 0 Å². The van der Waals surface area contributed by atoms with Gasteiger partial charge in [0.05, 0.1) is 24.4 Å². The number of sulfonamides is 1. The molecule has 84 valence electrons. The quantitative estimate of drug-likeness (QED) is 0.832. The predicted octanol–water partition coefficient (Wildman–Crippen LogP) is 0.914. The minimum absolute atomic E-state index is 0.0238. The molecular weight excluding hydrogens is 228 g/mol. The predicted molar refractivity (Wildman–Crippen MR) is 58.4 cm³/mol. The van der Waals surface area contributed by atoms with Crippen molar-refractivity contribution in [3.63, 3.8) is 0 Å². The number of imidazole rings is 1. The lowest BCUT2D eigenvalue weighted by Gasteiger charge is -2.07. The summed E-state index contributed by atoms with van der Waals surface area (Å²) in [6.07, 6.45) is 5.62. The summed E-state index contributed by atoms with van der Waals surface area (Å²) in [6, 6.07) is 1.73. The highest BCUT2D eigenvalue weighted by Gasteiger charge is 2.16. The van der Waals surface area contributed by atoms with E-state index in [0.717, 1.165) is 5.56 Å². The fourth-order valence-electron chi connectivity index (χ4n) is 1.16. The summed E-state index contributed by atoms with van der Waals surface area (Å²) in [5.41, 5.74) is 1.26. The summed E-state index contributed by atoms with van der Waals surface area (Å²) >= 11 is 0. The third-order valence-electron chi connectivity index (χ3n) is 2.05. The standard InChI is InChI=1S/C9H10N4O2S/c1-7-2-3-10-4-8(7)13-16(14,15)9-5-11-6-12-9/h2-6,13H,1H3,(H,11,12). The molecule has 16 heavy (non-hydrogen) atoms. The molecule has 0 radical (unpaired) electrons. The van der Waals surface area contributed by atoms with Gasteiger partial charge in [-0.1, -0.05) is 0 Å². The third kappa shape index (κ3) is 2.03. The largest absolute Gasteiger partial charge is 0.334 e. The summed E-state index contributed by atoms with van der Waals surface area (Å²) in [5.74, 6) is 0. The van der Waals surface area contributed by atoms with Gasteiger partial charge in [-0.25, -0.2) is 4.98 Å². The van der Waals surface area contributed by atoms with Gasteiger partial charge in [-0.05, 0) is 18.6 Å². The van der Waals surface area contributed by atoms with Gasteiger partial charge in [0.1, 0.15) is 0 Å². The van der Waals surface area contributed by atoms with E-state index in [9.17, 15) is 8.42 Å². The van der Waals surface area contributed by atoms with Crippen LogP contribution in [0.15, 0.2) is 36.0 Å². The maximum atomic E-state index is 11.8. The highest BCUT2D eigenvalue weighted by Crippen LogP contribution is 2.16. The first kappa shape index (κ1) is 10.6. The van der Waals surface area contributed by atoms with Crippen LogP contribution < -0.4 is 4.72 Å². The van der Waals surface area contributed by atoms with Crippen molar-refractivity contribution < 1.29 is 8.42 Å². The number of rotatable bonds is 3. The number of aromatic amines is 1. The fraction of sp³-hybridized carbons (Fsp3) is 0.111. The van der Waals surface area contributed by atoms with Crippen LogP contribution in [0.2, 0.25) is 0 Å². The molecule has 0 amide bonds. The van der Waals surface area contributed by atoms with E-state index in [1.54, 1.807) is 19.2 Å². The Bertz CT molecular complexity index is 577. The molecular formula is C9H10N4O2S. The highest BCUT2D eigenvalue weighted by atomic mass is 32.2. The lowest BCUT2D eigenvalue weighted by Crippen LogP contribution is -2.14. The van der Waals surface area contributed by atoms with Gasteiger partial charge in [-0.15, -0.1) is 0 Å². The van der Waals surface area contributed by atoms with Crippen LogP contribution >= 0.6 is 0 Å². The number of H-pyrrole nitrogens is 1. The second kappa shape index (κ2) is 3.93. The van der Waals surface area contributed by atoms with Crippen molar-refractivity contribution >= 4 is 15.7 Å². The molecule has 0 saturated carbocycles. The molecule has 0 atom stereocenters. The first-order valence-corrected chi connectivity index (χ1v) is 6.00. The summed E-state index contributed by atoms with van der Waals surface area (Å²) in [4.78, 5) is 10.1. The second-order valence-electron chi connectivity index (χ2n) is 3.21. The fourth-order valence-corrected chi connectivity index (χ4v) is 2.18. The van der Waals surface area contributed by atoms with Crippen molar-refractivity contribution in [3.8, 4) is 0 Å². The van der Waals surface area contributed by atoms with Crippen molar-refractivity contribution in [1.82, 2.24) is 15.0 Å². The van der Waals surface area contributed by atoms with Crippen LogP contribution in [-0.2, 0) is 10.0 Å². The van der Waals surface area contributed by atoms with Gasteiger partial charge in [-0.2, -0.15) is 8.42 Å². The Hall–Kier alpha value is -1.89. The lowest BCUT2D eigenvalue weighted by atomic mass is 10.3. The molecule has 7 heteroatoms. The van der Waals surface area contributed by atoms with Crippen LogP contribution in [0.3, 0.4) is 0 Å². The van der Waals surface area contributed by atoms with Gasteiger partial charge in [0.25, 0.3) is 10.0 Å². The number of anilines is 1. The molecule has 2 aromatic rings. The number of pyridine rings is 1. The number of hydrogen-bond donors (Lipinski definition) is 2. The Morgan fingerprint density at radius 1 is 1.31 bits per heavy atom. The number of aromatic nitrogens is 3. The molecule has 0 unspecified atom stereocenters. The molecule has 0 aliphatic carbocycles. The van der Waals surface area contributed by atoms with E-state index >= 15 is 0 Å². The summed E-state index contributed by atoms with van der Waals surface area (Å²) in [5, 5.41) is 0.0238. The van der Waals surface area contributed by atoms with Crippen molar-refractivity contribution in [3.05, 3.63) is 36.5 Å². The molecule has 6 nitrogen and oxygen atoms in total. The van der Waals surface area contributed by atoms with E-state index in [-0.39, 0.29) is 5.03 Å². The SMILES string of the molecule is Cc1ccncc1NS(=O)(=O)c1cnc[nH]1. The molecule has 0 bridgehead atoms. The molecule has 0 fully saturated rings. The molecule has 2 rings (SSSR count). The van der Waals surface area contributed by atoms with E-state index < -0.39 is 10.0 Å². The minimum atomic E-state index is -3.60. The molecule has 0 saturated heterocycles. The van der Waals surface area contributed by atoms with Gasteiger partial charge in [0, 0.05) is 6.20 Å². The van der Waals surface area contributed by atoms with Crippen molar-refractivity contribution in [2.75, 3.05) is 4.72 Å². The third-order valence-corrected chi connectivity index (χ3v) is 3.34. The minimum Gasteiger partial charge on any atom is -0.334 e. The molecule has 2 N–H and O–H groups in total. The van der Waals surface area contributed by atoms with Crippen molar-refractivity contribution in [1.29, 1.82) is 0 Å². The molecule has 2 aromatic heterocycles. The monoisotopic (exact) mass is 238 g/mol. The highest BCUT2D eigenvalue weighted by molar-refractivity contribution is 7.92. The normalized spacial score (nSPS) is 11.3. The molecule has 0 aliphatic rings. The van der Waals surface area contributed by atoms with Crippen molar-refractivity contribution in [2.45, 2.75) is 11.9 Å². The van der Waals surface area contributed by atoms with E-state index in [2.05, 4.69) is 19.7 Å². The average molecular weight is 238 g/mol. The zero-order valence-electron chi connectivity index (χ0n) is 8.51. The van der Waals surface area contributed by atoms with Gasteiger partial charge in [0.2, 0.25) is 0 Å². The van der Waals surface area contributed by atoms with Gasteiger partial charge < -0.3 is 4.98 Å². The van der Waals surface area contributed by atoms with E-state index in [1.165, 1.54) is 18.7 Å². The van der Waals surface area contributed by atoms with Gasteiger partial charge in [0.15, 0.2) is 5.03 Å². The zero-order valence-corrected chi connectivity index (χ0v) is 9.32. The van der Waals surface area contributed by atoms with Gasteiger partial charge >= 0.3 is 0 Å². The van der Waals surface area contributed by atoms with Crippen molar-refractivity contribution in [2.24, 2.45) is 0 Å². The Kier molecular flexibility index (Phi) is 2.61. The van der Waals surface area contributed by atoms with E-state index in [0.29, 0.717) is 5.69 Å². The zero-order chi connectivity index (χ0) is 11.6.